The van der Waals surface area contributed by atoms with Gasteiger partial charge in [0.15, 0.2) is 5.71 Å². The van der Waals surface area contributed by atoms with E-state index in [0.717, 1.165) is 6.07 Å². The molecular formula is C23H24F3N3O3. The lowest BCUT2D eigenvalue weighted by molar-refractivity contribution is -0.137. The van der Waals surface area contributed by atoms with Crippen molar-refractivity contribution >= 4 is 17.3 Å². The minimum atomic E-state index is -4.40. The second kappa shape index (κ2) is 9.42. The van der Waals surface area contributed by atoms with Crippen LogP contribution in [0.3, 0.4) is 0 Å². The Bertz CT molecular complexity index is 1040. The van der Waals surface area contributed by atoms with Crippen molar-refractivity contribution in [2.24, 2.45) is 10.3 Å². The van der Waals surface area contributed by atoms with Crippen molar-refractivity contribution in [3.63, 3.8) is 0 Å². The summed E-state index contributed by atoms with van der Waals surface area (Å²) in [5.41, 5.74) is 1.23. The molecule has 0 aliphatic heterocycles. The van der Waals surface area contributed by atoms with E-state index >= 15 is 0 Å². The third-order valence-electron chi connectivity index (χ3n) is 5.50. The predicted molar refractivity (Wildman–Crippen MR) is 114 cm³/mol. The van der Waals surface area contributed by atoms with Crippen molar-refractivity contribution in [3.05, 3.63) is 70.8 Å². The molecule has 170 valence electrons. The molecule has 1 aliphatic carbocycles. The smallest absolute Gasteiger partial charge is 0.398 e. The quantitative estimate of drug-likeness (QED) is 0.481. The topological polar surface area (TPSA) is 72.3 Å². The van der Waals surface area contributed by atoms with Crippen molar-refractivity contribution < 1.29 is 27.6 Å². The van der Waals surface area contributed by atoms with Crippen LogP contribution in [0.1, 0.15) is 42.0 Å². The van der Waals surface area contributed by atoms with Crippen molar-refractivity contribution in [2.75, 3.05) is 14.2 Å². The molecule has 0 heterocycles. The van der Waals surface area contributed by atoms with Crippen LogP contribution in [0.4, 0.5) is 13.2 Å². The Labute approximate surface area is 184 Å². The summed E-state index contributed by atoms with van der Waals surface area (Å²) in [4.78, 5) is 22.5. The van der Waals surface area contributed by atoms with Gasteiger partial charge < -0.3 is 15.0 Å². The molecule has 0 unspecified atom stereocenters. The van der Waals surface area contributed by atoms with Crippen LogP contribution in [0.25, 0.3) is 0 Å². The number of carbonyl (C=O) groups is 1. The molecule has 32 heavy (non-hydrogen) atoms. The molecule has 0 atom stereocenters. The Morgan fingerprint density at radius 1 is 1.12 bits per heavy atom. The lowest BCUT2D eigenvalue weighted by atomic mass is 9.90. The molecule has 1 amide bonds. The summed E-state index contributed by atoms with van der Waals surface area (Å²) in [6.45, 7) is 1.80. The molecule has 2 aromatic carbocycles. The van der Waals surface area contributed by atoms with Gasteiger partial charge in [0.25, 0.3) is 5.91 Å². The van der Waals surface area contributed by atoms with Gasteiger partial charge in [-0.3, -0.25) is 4.79 Å². The number of oxime groups is 2. The highest BCUT2D eigenvalue weighted by atomic mass is 19.4. The molecule has 2 aromatic rings. The number of benzene rings is 2. The van der Waals surface area contributed by atoms with Crippen molar-refractivity contribution in [2.45, 2.75) is 38.0 Å². The Balaban J connectivity index is 1.79. The molecule has 1 saturated carbocycles. The van der Waals surface area contributed by atoms with Gasteiger partial charge in [-0.15, -0.1) is 0 Å². The first-order valence-corrected chi connectivity index (χ1v) is 9.99. The second-order valence-corrected chi connectivity index (χ2v) is 7.47. The number of alkyl halides is 3. The molecule has 1 aliphatic rings. The molecule has 0 aromatic heterocycles. The standard InChI is InChI=1S/C23H24F3N3O3/c1-15(22(11-12-22)17-8-6-9-18(13-17)23(24,25)26)28-32-14-16-7-4-5-10-19(16)20(29-31-3)21(30)27-2/h4-10,13H,11-12,14H2,1-3H3,(H,27,30)/b28-15+,29-20-. The zero-order valence-corrected chi connectivity index (χ0v) is 18.0. The van der Waals surface area contributed by atoms with Gasteiger partial charge in [0, 0.05) is 23.6 Å². The molecule has 9 heteroatoms. The molecule has 0 spiro atoms. The van der Waals surface area contributed by atoms with Crippen molar-refractivity contribution in [1.82, 2.24) is 5.32 Å². The highest BCUT2D eigenvalue weighted by molar-refractivity contribution is 6.45. The summed E-state index contributed by atoms with van der Waals surface area (Å²) >= 11 is 0. The van der Waals surface area contributed by atoms with E-state index in [-0.39, 0.29) is 12.3 Å². The Morgan fingerprint density at radius 2 is 1.84 bits per heavy atom. The monoisotopic (exact) mass is 447 g/mol. The van der Waals surface area contributed by atoms with Crippen molar-refractivity contribution in [3.8, 4) is 0 Å². The van der Waals surface area contributed by atoms with Crippen LogP contribution in [-0.2, 0) is 32.7 Å². The number of nitrogens with one attached hydrogen (secondary N) is 1. The molecule has 3 rings (SSSR count). The number of nitrogens with zero attached hydrogens (tertiary/aromatic N) is 2. The molecule has 0 radical (unpaired) electrons. The maximum absolute atomic E-state index is 13.1. The summed E-state index contributed by atoms with van der Waals surface area (Å²) in [6.07, 6.45) is -3.00. The largest absolute Gasteiger partial charge is 0.416 e. The van der Waals surface area contributed by atoms with Gasteiger partial charge >= 0.3 is 6.18 Å². The Hall–Kier alpha value is -3.36. The van der Waals surface area contributed by atoms with E-state index in [1.54, 1.807) is 37.3 Å². The van der Waals surface area contributed by atoms with E-state index < -0.39 is 23.1 Å². The summed E-state index contributed by atoms with van der Waals surface area (Å²) in [5, 5.41) is 10.5. The van der Waals surface area contributed by atoms with E-state index in [1.807, 2.05) is 0 Å². The van der Waals surface area contributed by atoms with Gasteiger partial charge in [0.05, 0.1) is 11.3 Å². The summed E-state index contributed by atoms with van der Waals surface area (Å²) in [6, 6.07) is 12.4. The highest BCUT2D eigenvalue weighted by Crippen LogP contribution is 2.50. The van der Waals surface area contributed by atoms with Gasteiger partial charge in [0.2, 0.25) is 0 Å². The predicted octanol–water partition coefficient (Wildman–Crippen LogP) is 4.43. The number of carbonyl (C=O) groups excluding carboxylic acids is 1. The molecule has 0 saturated heterocycles. The first-order valence-electron chi connectivity index (χ1n) is 9.99. The minimum absolute atomic E-state index is 0.0475. The van der Waals surface area contributed by atoms with E-state index in [0.29, 0.717) is 35.2 Å². The summed E-state index contributed by atoms with van der Waals surface area (Å²) < 4.78 is 39.3. The highest BCUT2D eigenvalue weighted by Gasteiger charge is 2.48. The first-order chi connectivity index (χ1) is 15.2. The lowest BCUT2D eigenvalue weighted by Crippen LogP contribution is -2.29. The third-order valence-corrected chi connectivity index (χ3v) is 5.50. The van der Waals surface area contributed by atoms with Crippen LogP contribution in [0, 0.1) is 0 Å². The van der Waals surface area contributed by atoms with Crippen LogP contribution >= 0.6 is 0 Å². The fourth-order valence-electron chi connectivity index (χ4n) is 3.56. The summed E-state index contributed by atoms with van der Waals surface area (Å²) in [7, 11) is 2.84. The van der Waals surface area contributed by atoms with E-state index in [4.69, 9.17) is 9.68 Å². The Kier molecular flexibility index (Phi) is 6.86. The maximum Gasteiger partial charge on any atom is 0.416 e. The van der Waals surface area contributed by atoms with Gasteiger partial charge in [-0.25, -0.2) is 0 Å². The minimum Gasteiger partial charge on any atom is -0.398 e. The van der Waals surface area contributed by atoms with Crippen LogP contribution in [0.15, 0.2) is 58.8 Å². The Morgan fingerprint density at radius 3 is 2.47 bits per heavy atom. The first kappa shape index (κ1) is 23.3. The molecule has 6 nitrogen and oxygen atoms in total. The number of likely N-dealkylation sites (N-methyl/N-ethyl adjacent to an activating group) is 1. The average molecular weight is 447 g/mol. The zero-order valence-electron chi connectivity index (χ0n) is 18.0. The van der Waals surface area contributed by atoms with Gasteiger partial charge in [-0.1, -0.05) is 52.8 Å². The van der Waals surface area contributed by atoms with Crippen LogP contribution in [-0.4, -0.2) is 31.5 Å². The number of rotatable bonds is 8. The van der Waals surface area contributed by atoms with Crippen molar-refractivity contribution in [1.29, 1.82) is 0 Å². The zero-order chi connectivity index (χ0) is 23.4. The van der Waals surface area contributed by atoms with Gasteiger partial charge in [0.1, 0.15) is 13.7 Å². The fourth-order valence-corrected chi connectivity index (χ4v) is 3.56. The SMILES string of the molecule is CNC(=O)/C(=N\OC)c1ccccc1CO/N=C(\C)C1(c2cccc(C(F)(F)F)c2)CC1. The molecule has 1 fully saturated rings. The number of halogens is 3. The number of amides is 1. The number of hydrogen-bond donors (Lipinski definition) is 1. The van der Waals surface area contributed by atoms with E-state index in [9.17, 15) is 18.0 Å². The van der Waals surface area contributed by atoms with Crippen LogP contribution < -0.4 is 5.32 Å². The lowest BCUT2D eigenvalue weighted by Gasteiger charge is -2.17. The molecule has 1 N–H and O–H groups in total. The van der Waals surface area contributed by atoms with E-state index in [2.05, 4.69) is 15.6 Å². The van der Waals surface area contributed by atoms with Gasteiger partial charge in [-0.05, 0) is 31.4 Å². The second-order valence-electron chi connectivity index (χ2n) is 7.47. The molecular weight excluding hydrogens is 423 g/mol. The van der Waals surface area contributed by atoms with E-state index in [1.165, 1.54) is 26.3 Å². The fraction of sp³-hybridized carbons (Fsp3) is 0.348. The normalized spacial score (nSPS) is 15.8. The van der Waals surface area contributed by atoms with Crippen LogP contribution in [0.2, 0.25) is 0 Å². The molecule has 0 bridgehead atoms. The van der Waals surface area contributed by atoms with Gasteiger partial charge in [-0.2, -0.15) is 13.2 Å². The number of hydrogen-bond acceptors (Lipinski definition) is 5. The van der Waals surface area contributed by atoms with Crippen LogP contribution in [0.5, 0.6) is 0 Å². The maximum atomic E-state index is 13.1. The third kappa shape index (κ3) is 4.92. The average Bonchev–Trinajstić information content (AvgIpc) is 3.59. The summed E-state index contributed by atoms with van der Waals surface area (Å²) in [5.74, 6) is -0.416.